The Morgan fingerprint density at radius 3 is 2.00 bits per heavy atom. The molecular formula is C22H36O2. The molecule has 0 aliphatic rings. The minimum atomic E-state index is -0.102. The number of esters is 1. The largest absolute Gasteiger partial charge is 0.426 e. The van der Waals surface area contributed by atoms with Crippen LogP contribution in [0.1, 0.15) is 97.5 Å². The molecule has 2 nitrogen and oxygen atoms in total. The van der Waals surface area contributed by atoms with Crippen LogP contribution >= 0.6 is 0 Å². The molecule has 0 spiro atoms. The van der Waals surface area contributed by atoms with Crippen LogP contribution < -0.4 is 4.74 Å². The molecule has 0 aromatic heterocycles. The number of carbonyl (C=O) groups excluding carboxylic acids is 1. The van der Waals surface area contributed by atoms with Crippen molar-refractivity contribution in [1.29, 1.82) is 0 Å². The molecule has 1 rings (SSSR count). The van der Waals surface area contributed by atoms with E-state index in [0.717, 1.165) is 18.4 Å². The monoisotopic (exact) mass is 332 g/mol. The van der Waals surface area contributed by atoms with E-state index in [1.807, 2.05) is 24.3 Å². The third kappa shape index (κ3) is 8.52. The maximum absolute atomic E-state index is 12.1. The topological polar surface area (TPSA) is 26.3 Å². The summed E-state index contributed by atoms with van der Waals surface area (Å²) in [6, 6.07) is 7.87. The average Bonchev–Trinajstić information content (AvgIpc) is 2.53. The summed E-state index contributed by atoms with van der Waals surface area (Å²) in [4.78, 5) is 12.1. The van der Waals surface area contributed by atoms with E-state index in [0.29, 0.717) is 12.2 Å². The van der Waals surface area contributed by atoms with Gasteiger partial charge in [0, 0.05) is 12.0 Å². The first-order chi connectivity index (χ1) is 11.4. The zero-order valence-corrected chi connectivity index (χ0v) is 16.2. The molecule has 0 saturated carbocycles. The summed E-state index contributed by atoms with van der Waals surface area (Å²) in [7, 11) is 0. The van der Waals surface area contributed by atoms with Gasteiger partial charge >= 0.3 is 5.97 Å². The lowest BCUT2D eigenvalue weighted by Gasteiger charge is -2.22. The maximum atomic E-state index is 12.1. The summed E-state index contributed by atoms with van der Waals surface area (Å²) in [6.07, 6.45) is 11.9. The van der Waals surface area contributed by atoms with E-state index in [1.165, 1.54) is 44.9 Å². The quantitative estimate of drug-likeness (QED) is 0.253. The van der Waals surface area contributed by atoms with Crippen LogP contribution in [0.15, 0.2) is 24.3 Å². The Bertz CT molecular complexity index is 471. The van der Waals surface area contributed by atoms with Crippen molar-refractivity contribution in [2.45, 2.75) is 97.3 Å². The SMILES string of the molecule is CCCCCCCCCCCC(=O)Oc1ccccc1C(C)(C)C. The molecule has 136 valence electrons. The number of rotatable bonds is 11. The van der Waals surface area contributed by atoms with Crippen molar-refractivity contribution in [1.82, 2.24) is 0 Å². The highest BCUT2D eigenvalue weighted by Gasteiger charge is 2.19. The molecule has 24 heavy (non-hydrogen) atoms. The molecule has 0 radical (unpaired) electrons. The van der Waals surface area contributed by atoms with Crippen LogP contribution in [0.25, 0.3) is 0 Å². The molecule has 0 bridgehead atoms. The first kappa shape index (κ1) is 20.7. The Morgan fingerprint density at radius 1 is 0.875 bits per heavy atom. The van der Waals surface area contributed by atoms with E-state index < -0.39 is 0 Å². The molecule has 0 unspecified atom stereocenters. The van der Waals surface area contributed by atoms with Gasteiger partial charge in [-0.15, -0.1) is 0 Å². The Morgan fingerprint density at radius 2 is 1.42 bits per heavy atom. The highest BCUT2D eigenvalue weighted by molar-refractivity contribution is 5.72. The fourth-order valence-electron chi connectivity index (χ4n) is 2.93. The molecule has 0 atom stereocenters. The molecule has 2 heteroatoms. The Labute approximate surface area is 149 Å². The highest BCUT2D eigenvalue weighted by Crippen LogP contribution is 2.31. The van der Waals surface area contributed by atoms with Gasteiger partial charge in [0.1, 0.15) is 5.75 Å². The standard InChI is InChI=1S/C22H36O2/c1-5-6-7-8-9-10-11-12-13-18-21(23)24-20-17-15-14-16-19(20)22(2,3)4/h14-17H,5-13,18H2,1-4H3. The van der Waals surface area contributed by atoms with Crippen molar-refractivity contribution < 1.29 is 9.53 Å². The summed E-state index contributed by atoms with van der Waals surface area (Å²) in [5.74, 6) is 0.612. The fourth-order valence-corrected chi connectivity index (χ4v) is 2.93. The summed E-state index contributed by atoms with van der Waals surface area (Å²) >= 11 is 0. The van der Waals surface area contributed by atoms with Crippen molar-refractivity contribution >= 4 is 5.97 Å². The zero-order valence-electron chi connectivity index (χ0n) is 16.2. The van der Waals surface area contributed by atoms with Crippen LogP contribution in [0.5, 0.6) is 5.75 Å². The van der Waals surface area contributed by atoms with E-state index in [1.54, 1.807) is 0 Å². The van der Waals surface area contributed by atoms with E-state index in [2.05, 4.69) is 27.7 Å². The first-order valence-electron chi connectivity index (χ1n) is 9.75. The zero-order chi connectivity index (χ0) is 17.8. The van der Waals surface area contributed by atoms with Crippen molar-refractivity contribution in [3.05, 3.63) is 29.8 Å². The number of ether oxygens (including phenoxy) is 1. The molecule has 0 aliphatic heterocycles. The van der Waals surface area contributed by atoms with Crippen LogP contribution in [0.2, 0.25) is 0 Å². The van der Waals surface area contributed by atoms with Gasteiger partial charge in [-0.05, 0) is 17.9 Å². The van der Waals surface area contributed by atoms with Crippen LogP contribution in [0.3, 0.4) is 0 Å². The number of benzene rings is 1. The van der Waals surface area contributed by atoms with Crippen molar-refractivity contribution in [2.24, 2.45) is 0 Å². The van der Waals surface area contributed by atoms with E-state index in [-0.39, 0.29) is 11.4 Å². The summed E-state index contributed by atoms with van der Waals surface area (Å²) in [6.45, 7) is 8.67. The first-order valence-corrected chi connectivity index (χ1v) is 9.75. The molecule has 1 aromatic rings. The molecule has 0 amide bonds. The second-order valence-electron chi connectivity index (χ2n) is 7.80. The van der Waals surface area contributed by atoms with Gasteiger partial charge in [-0.3, -0.25) is 4.79 Å². The molecule has 0 heterocycles. The van der Waals surface area contributed by atoms with Gasteiger partial charge in [0.15, 0.2) is 0 Å². The van der Waals surface area contributed by atoms with Gasteiger partial charge in [0.05, 0.1) is 0 Å². The van der Waals surface area contributed by atoms with Crippen molar-refractivity contribution in [2.75, 3.05) is 0 Å². The number of unbranched alkanes of at least 4 members (excludes halogenated alkanes) is 8. The molecule has 0 fully saturated rings. The van der Waals surface area contributed by atoms with Gasteiger partial charge in [0.2, 0.25) is 0 Å². The van der Waals surface area contributed by atoms with Gasteiger partial charge < -0.3 is 4.74 Å². The fraction of sp³-hybridized carbons (Fsp3) is 0.682. The highest BCUT2D eigenvalue weighted by atomic mass is 16.5. The van der Waals surface area contributed by atoms with Crippen molar-refractivity contribution in [3.8, 4) is 5.75 Å². The summed E-state index contributed by atoms with van der Waals surface area (Å²) in [5.41, 5.74) is 1.07. The van der Waals surface area contributed by atoms with Crippen LogP contribution in [0, 0.1) is 0 Å². The number of carbonyl (C=O) groups is 1. The third-order valence-corrected chi connectivity index (χ3v) is 4.40. The second-order valence-corrected chi connectivity index (χ2v) is 7.80. The molecule has 0 saturated heterocycles. The van der Waals surface area contributed by atoms with E-state index >= 15 is 0 Å². The predicted octanol–water partition coefficient (Wildman–Crippen LogP) is 6.81. The molecule has 1 aromatic carbocycles. The van der Waals surface area contributed by atoms with Gasteiger partial charge in [-0.1, -0.05) is 97.3 Å². The van der Waals surface area contributed by atoms with Gasteiger partial charge in [-0.2, -0.15) is 0 Å². The van der Waals surface area contributed by atoms with Crippen molar-refractivity contribution in [3.63, 3.8) is 0 Å². The van der Waals surface area contributed by atoms with Gasteiger partial charge in [-0.25, -0.2) is 0 Å². The van der Waals surface area contributed by atoms with Crippen LogP contribution in [0.4, 0.5) is 0 Å². The molecule has 0 N–H and O–H groups in total. The molecular weight excluding hydrogens is 296 g/mol. The Kier molecular flexibility index (Phi) is 9.75. The van der Waals surface area contributed by atoms with Gasteiger partial charge in [0.25, 0.3) is 0 Å². The second kappa shape index (κ2) is 11.3. The van der Waals surface area contributed by atoms with Crippen LogP contribution in [-0.2, 0) is 10.2 Å². The van der Waals surface area contributed by atoms with E-state index in [9.17, 15) is 4.79 Å². The summed E-state index contributed by atoms with van der Waals surface area (Å²) < 4.78 is 5.61. The number of para-hydroxylation sites is 1. The number of hydrogen-bond donors (Lipinski definition) is 0. The number of hydrogen-bond acceptors (Lipinski definition) is 2. The normalized spacial score (nSPS) is 11.5. The minimum absolute atomic E-state index is 0.0192. The average molecular weight is 333 g/mol. The summed E-state index contributed by atoms with van der Waals surface area (Å²) in [5, 5.41) is 0. The van der Waals surface area contributed by atoms with E-state index in [4.69, 9.17) is 4.74 Å². The lowest BCUT2D eigenvalue weighted by Crippen LogP contribution is -2.16. The Balaban J connectivity index is 2.21. The third-order valence-electron chi connectivity index (χ3n) is 4.40. The predicted molar refractivity (Wildman–Crippen MR) is 103 cm³/mol. The van der Waals surface area contributed by atoms with Crippen LogP contribution in [-0.4, -0.2) is 5.97 Å². The Hall–Kier alpha value is -1.31. The maximum Gasteiger partial charge on any atom is 0.311 e. The lowest BCUT2D eigenvalue weighted by atomic mass is 9.86. The lowest BCUT2D eigenvalue weighted by molar-refractivity contribution is -0.134. The molecule has 0 aliphatic carbocycles. The minimum Gasteiger partial charge on any atom is -0.426 e. The smallest absolute Gasteiger partial charge is 0.311 e.